The monoisotopic (exact) mass is 392 g/mol. The lowest BCUT2D eigenvalue weighted by atomic mass is 10.1. The van der Waals surface area contributed by atoms with Gasteiger partial charge in [-0.1, -0.05) is 62.4 Å². The first-order chi connectivity index (χ1) is 13.9. The molecular formula is C24H40O4. The summed E-state index contributed by atoms with van der Waals surface area (Å²) in [7, 11) is 0. The second-order valence-electron chi connectivity index (χ2n) is 6.88. The van der Waals surface area contributed by atoms with E-state index in [-0.39, 0.29) is 6.29 Å². The first kappa shape index (κ1) is 24.7. The molecule has 0 heterocycles. The summed E-state index contributed by atoms with van der Waals surface area (Å²) in [6.07, 6.45) is 14.9. The summed E-state index contributed by atoms with van der Waals surface area (Å²) >= 11 is 0. The maximum Gasteiger partial charge on any atom is 0.188 e. The summed E-state index contributed by atoms with van der Waals surface area (Å²) < 4.78 is 22.0. The third-order valence-electron chi connectivity index (χ3n) is 4.47. The van der Waals surface area contributed by atoms with Crippen LogP contribution in [0.15, 0.2) is 42.7 Å². The van der Waals surface area contributed by atoms with Crippen molar-refractivity contribution in [2.45, 2.75) is 84.5 Å². The third-order valence-corrected chi connectivity index (χ3v) is 4.47. The van der Waals surface area contributed by atoms with E-state index in [1.165, 1.54) is 50.5 Å². The maximum absolute atomic E-state index is 5.57. The molecule has 0 fully saturated rings. The summed E-state index contributed by atoms with van der Waals surface area (Å²) in [6, 6.07) is 10.1. The summed E-state index contributed by atoms with van der Waals surface area (Å²) in [5.41, 5.74) is 1.17. The highest BCUT2D eigenvalue weighted by molar-refractivity contribution is 5.13. The van der Waals surface area contributed by atoms with Crippen LogP contribution in [0.5, 0.6) is 0 Å². The SMILES string of the molecule is CCOC(CCCCCCCCCC=COCOCc1ccccc1)OCC. The van der Waals surface area contributed by atoms with Gasteiger partial charge in [0, 0.05) is 13.2 Å². The van der Waals surface area contributed by atoms with Crippen molar-refractivity contribution < 1.29 is 18.9 Å². The molecule has 4 heteroatoms. The van der Waals surface area contributed by atoms with Crippen molar-refractivity contribution in [1.82, 2.24) is 0 Å². The molecule has 0 amide bonds. The van der Waals surface area contributed by atoms with Gasteiger partial charge in [-0.25, -0.2) is 0 Å². The summed E-state index contributed by atoms with van der Waals surface area (Å²) in [5, 5.41) is 0. The lowest BCUT2D eigenvalue weighted by Crippen LogP contribution is -2.17. The Hall–Kier alpha value is -1.36. The second kappa shape index (κ2) is 19.0. The molecule has 28 heavy (non-hydrogen) atoms. The molecule has 0 aromatic heterocycles. The Labute approximate surface area is 172 Å². The molecule has 0 spiro atoms. The fourth-order valence-corrected chi connectivity index (χ4v) is 3.00. The van der Waals surface area contributed by atoms with Crippen LogP contribution in [0.4, 0.5) is 0 Å². The van der Waals surface area contributed by atoms with Crippen molar-refractivity contribution in [2.75, 3.05) is 20.0 Å². The molecule has 0 saturated carbocycles. The molecule has 0 bridgehead atoms. The average Bonchev–Trinajstić information content (AvgIpc) is 2.72. The smallest absolute Gasteiger partial charge is 0.188 e. The maximum atomic E-state index is 5.57. The van der Waals surface area contributed by atoms with Crippen molar-refractivity contribution in [3.63, 3.8) is 0 Å². The van der Waals surface area contributed by atoms with Crippen molar-refractivity contribution in [3.05, 3.63) is 48.2 Å². The molecule has 0 radical (unpaired) electrons. The van der Waals surface area contributed by atoms with Crippen LogP contribution >= 0.6 is 0 Å². The van der Waals surface area contributed by atoms with Crippen molar-refractivity contribution in [2.24, 2.45) is 0 Å². The molecular weight excluding hydrogens is 352 g/mol. The highest BCUT2D eigenvalue weighted by atomic mass is 16.7. The largest absolute Gasteiger partial charge is 0.475 e. The van der Waals surface area contributed by atoms with Crippen LogP contribution in [0.2, 0.25) is 0 Å². The zero-order valence-electron chi connectivity index (χ0n) is 17.9. The van der Waals surface area contributed by atoms with Crippen LogP contribution in [0.3, 0.4) is 0 Å². The summed E-state index contributed by atoms with van der Waals surface area (Å²) in [4.78, 5) is 0. The predicted octanol–water partition coefficient (Wildman–Crippen LogP) is 6.60. The van der Waals surface area contributed by atoms with Crippen molar-refractivity contribution in [1.29, 1.82) is 0 Å². The van der Waals surface area contributed by atoms with Crippen LogP contribution in [0.25, 0.3) is 0 Å². The zero-order chi connectivity index (χ0) is 20.1. The van der Waals surface area contributed by atoms with E-state index in [9.17, 15) is 0 Å². The van der Waals surface area contributed by atoms with Crippen LogP contribution in [-0.2, 0) is 25.6 Å². The topological polar surface area (TPSA) is 36.9 Å². The van der Waals surface area contributed by atoms with E-state index in [2.05, 4.69) is 6.08 Å². The molecule has 1 aromatic rings. The van der Waals surface area contributed by atoms with Crippen LogP contribution in [0.1, 0.15) is 77.2 Å². The highest BCUT2D eigenvalue weighted by Gasteiger charge is 2.06. The van der Waals surface area contributed by atoms with Crippen LogP contribution in [0, 0.1) is 0 Å². The van der Waals surface area contributed by atoms with Gasteiger partial charge in [0.05, 0.1) is 12.9 Å². The number of hydrogen-bond acceptors (Lipinski definition) is 4. The molecule has 0 atom stereocenters. The molecule has 0 aliphatic carbocycles. The normalized spacial score (nSPS) is 11.5. The van der Waals surface area contributed by atoms with Gasteiger partial charge in [-0.05, 0) is 51.2 Å². The number of rotatable bonds is 19. The lowest BCUT2D eigenvalue weighted by Gasteiger charge is -2.16. The Morgan fingerprint density at radius 1 is 0.821 bits per heavy atom. The van der Waals surface area contributed by atoms with Gasteiger partial charge >= 0.3 is 0 Å². The number of unbranched alkanes of at least 4 members (excludes halogenated alkanes) is 7. The average molecular weight is 393 g/mol. The van der Waals surface area contributed by atoms with E-state index >= 15 is 0 Å². The minimum absolute atomic E-state index is 0.00672. The van der Waals surface area contributed by atoms with Gasteiger partial charge in [-0.15, -0.1) is 0 Å². The fraction of sp³-hybridized carbons (Fsp3) is 0.667. The van der Waals surface area contributed by atoms with Crippen molar-refractivity contribution >= 4 is 0 Å². The molecule has 0 aliphatic rings. The van der Waals surface area contributed by atoms with Gasteiger partial charge in [0.1, 0.15) is 0 Å². The fourth-order valence-electron chi connectivity index (χ4n) is 3.00. The highest BCUT2D eigenvalue weighted by Crippen LogP contribution is 2.13. The summed E-state index contributed by atoms with van der Waals surface area (Å²) in [6.45, 7) is 6.39. The Bertz CT molecular complexity index is 455. The minimum Gasteiger partial charge on any atom is -0.475 e. The summed E-state index contributed by atoms with van der Waals surface area (Å²) in [5.74, 6) is 0. The van der Waals surface area contributed by atoms with Crippen LogP contribution < -0.4 is 0 Å². The molecule has 0 saturated heterocycles. The third kappa shape index (κ3) is 14.7. The van der Waals surface area contributed by atoms with E-state index in [4.69, 9.17) is 18.9 Å². The Balaban J connectivity index is 1.81. The van der Waals surface area contributed by atoms with E-state index in [0.717, 1.165) is 26.1 Å². The predicted molar refractivity (Wildman–Crippen MR) is 115 cm³/mol. The number of ether oxygens (including phenoxy) is 4. The Morgan fingerprint density at radius 2 is 1.46 bits per heavy atom. The first-order valence-corrected chi connectivity index (χ1v) is 11.0. The van der Waals surface area contributed by atoms with Gasteiger partial charge < -0.3 is 18.9 Å². The molecule has 4 nitrogen and oxygen atoms in total. The van der Waals surface area contributed by atoms with Gasteiger partial charge in [0.2, 0.25) is 0 Å². The molecule has 0 unspecified atom stereocenters. The standard InChI is InChI=1S/C24H40O4/c1-3-27-24(28-4-2)19-15-10-8-6-5-7-9-11-16-20-25-22-26-21-23-17-13-12-14-18-23/h12-14,16-18,20,24H,3-11,15,19,21-22H2,1-2H3. The van der Waals surface area contributed by atoms with Gasteiger partial charge in [-0.2, -0.15) is 0 Å². The molecule has 0 aliphatic heterocycles. The van der Waals surface area contributed by atoms with Gasteiger partial charge in [-0.3, -0.25) is 0 Å². The van der Waals surface area contributed by atoms with Crippen molar-refractivity contribution in [3.8, 4) is 0 Å². The van der Waals surface area contributed by atoms with E-state index in [1.54, 1.807) is 6.26 Å². The zero-order valence-corrected chi connectivity index (χ0v) is 17.9. The number of benzene rings is 1. The van der Waals surface area contributed by atoms with E-state index in [1.807, 2.05) is 44.2 Å². The molecule has 0 N–H and O–H groups in total. The Morgan fingerprint density at radius 3 is 2.14 bits per heavy atom. The lowest BCUT2D eigenvalue weighted by molar-refractivity contribution is -0.140. The van der Waals surface area contributed by atoms with Crippen LogP contribution in [-0.4, -0.2) is 26.3 Å². The van der Waals surface area contributed by atoms with Gasteiger partial charge in [0.25, 0.3) is 0 Å². The second-order valence-corrected chi connectivity index (χ2v) is 6.88. The first-order valence-electron chi connectivity index (χ1n) is 11.0. The van der Waals surface area contributed by atoms with E-state index < -0.39 is 0 Å². The minimum atomic E-state index is -0.00672. The number of hydrogen-bond donors (Lipinski definition) is 0. The molecule has 1 aromatic carbocycles. The molecule has 1 rings (SSSR count). The number of allylic oxidation sites excluding steroid dienone is 1. The quantitative estimate of drug-likeness (QED) is 0.151. The Kier molecular flexibility index (Phi) is 16.7. The molecule has 160 valence electrons. The van der Waals surface area contributed by atoms with E-state index in [0.29, 0.717) is 13.4 Å². The van der Waals surface area contributed by atoms with Gasteiger partial charge in [0.15, 0.2) is 13.1 Å².